The lowest BCUT2D eigenvalue weighted by atomic mass is 10.2. The van der Waals surface area contributed by atoms with Gasteiger partial charge in [0.05, 0.1) is 22.0 Å². The maximum Gasteiger partial charge on any atom is 0.271 e. The Hall–Kier alpha value is -3.38. The molecule has 28 heavy (non-hydrogen) atoms. The third kappa shape index (κ3) is 4.29. The molecule has 142 valence electrons. The van der Waals surface area contributed by atoms with E-state index in [1.165, 1.54) is 6.08 Å². The van der Waals surface area contributed by atoms with Gasteiger partial charge < -0.3 is 0 Å². The summed E-state index contributed by atoms with van der Waals surface area (Å²) in [7, 11) is 0. The van der Waals surface area contributed by atoms with Crippen LogP contribution in [0.5, 0.6) is 0 Å². The van der Waals surface area contributed by atoms with Crippen molar-refractivity contribution in [3.05, 3.63) is 88.2 Å². The number of rotatable bonds is 4. The molecule has 0 aliphatic rings. The van der Waals surface area contributed by atoms with Crippen LogP contribution in [0.2, 0.25) is 5.02 Å². The van der Waals surface area contributed by atoms with E-state index >= 15 is 0 Å². The van der Waals surface area contributed by atoms with Crippen LogP contribution in [-0.2, 0) is 4.79 Å². The molecule has 0 atom stereocenters. The van der Waals surface area contributed by atoms with Crippen molar-refractivity contribution in [2.24, 2.45) is 0 Å². The van der Waals surface area contributed by atoms with Crippen LogP contribution < -0.4 is 10.9 Å². The number of carbonyl (C=O) groups excluding carboxylic acids is 2. The summed E-state index contributed by atoms with van der Waals surface area (Å²) in [6, 6.07) is 16.3. The van der Waals surface area contributed by atoms with Crippen molar-refractivity contribution in [1.29, 1.82) is 0 Å². The lowest BCUT2D eigenvalue weighted by Gasteiger charge is -2.06. The first-order chi connectivity index (χ1) is 13.5. The summed E-state index contributed by atoms with van der Waals surface area (Å²) in [5, 5.41) is 4.84. The lowest BCUT2D eigenvalue weighted by Crippen LogP contribution is -2.40. The molecule has 0 spiro atoms. The van der Waals surface area contributed by atoms with Gasteiger partial charge >= 0.3 is 0 Å². The molecule has 0 radical (unpaired) electrons. The minimum Gasteiger partial charge on any atom is -0.268 e. The predicted octanol–water partition coefficient (Wildman–Crippen LogP) is 3.62. The number of para-hydroxylation sites is 1. The Morgan fingerprint density at radius 1 is 1.00 bits per heavy atom. The van der Waals surface area contributed by atoms with Gasteiger partial charge in [-0.2, -0.15) is 5.10 Å². The maximum atomic E-state index is 12.1. The van der Waals surface area contributed by atoms with E-state index in [4.69, 9.17) is 11.6 Å². The zero-order chi connectivity index (χ0) is 20.1. The Bertz CT molecular complexity index is 1040. The Balaban J connectivity index is 1.67. The third-order valence-electron chi connectivity index (χ3n) is 4.17. The Labute approximate surface area is 167 Å². The van der Waals surface area contributed by atoms with E-state index in [0.717, 1.165) is 22.6 Å². The van der Waals surface area contributed by atoms with Crippen LogP contribution in [-0.4, -0.2) is 21.6 Å². The van der Waals surface area contributed by atoms with Crippen molar-refractivity contribution < 1.29 is 9.59 Å². The summed E-state index contributed by atoms with van der Waals surface area (Å²) in [4.78, 5) is 24.1. The molecule has 3 aromatic rings. The average molecular weight is 395 g/mol. The Morgan fingerprint density at radius 3 is 2.39 bits per heavy atom. The van der Waals surface area contributed by atoms with Gasteiger partial charge in [0.1, 0.15) is 0 Å². The molecule has 2 N–H and O–H groups in total. The number of carbonyl (C=O) groups is 2. The second-order valence-corrected chi connectivity index (χ2v) is 6.50. The number of nitrogens with zero attached hydrogens (tertiary/aromatic N) is 2. The van der Waals surface area contributed by atoms with Crippen LogP contribution in [0.25, 0.3) is 11.8 Å². The van der Waals surface area contributed by atoms with Gasteiger partial charge in [0.2, 0.25) is 0 Å². The van der Waals surface area contributed by atoms with E-state index in [1.807, 2.05) is 48.9 Å². The van der Waals surface area contributed by atoms with Crippen molar-refractivity contribution in [1.82, 2.24) is 20.6 Å². The topological polar surface area (TPSA) is 76.0 Å². The second kappa shape index (κ2) is 8.54. The van der Waals surface area contributed by atoms with E-state index in [1.54, 1.807) is 30.3 Å². The fourth-order valence-electron chi connectivity index (χ4n) is 2.75. The SMILES string of the molecule is Cc1nn(-c2ccccc2)c(C)c1/C=C/C(=O)NNC(=O)c1ccccc1Cl. The molecule has 7 heteroatoms. The number of amides is 2. The first-order valence-electron chi connectivity index (χ1n) is 8.62. The monoisotopic (exact) mass is 394 g/mol. The molecule has 0 saturated carbocycles. The van der Waals surface area contributed by atoms with Crippen molar-refractivity contribution in [2.75, 3.05) is 0 Å². The van der Waals surface area contributed by atoms with Gasteiger partial charge in [0, 0.05) is 17.3 Å². The number of halogens is 1. The molecule has 0 fully saturated rings. The number of hydrogen-bond donors (Lipinski definition) is 2. The highest BCUT2D eigenvalue weighted by atomic mass is 35.5. The van der Waals surface area contributed by atoms with Crippen molar-refractivity contribution in [2.45, 2.75) is 13.8 Å². The molecule has 3 rings (SSSR count). The highest BCUT2D eigenvalue weighted by Gasteiger charge is 2.12. The Morgan fingerprint density at radius 2 is 1.68 bits per heavy atom. The third-order valence-corrected chi connectivity index (χ3v) is 4.50. The first-order valence-corrected chi connectivity index (χ1v) is 8.99. The molecule has 1 aromatic heterocycles. The predicted molar refractivity (Wildman–Crippen MR) is 109 cm³/mol. The zero-order valence-corrected chi connectivity index (χ0v) is 16.2. The lowest BCUT2D eigenvalue weighted by molar-refractivity contribution is -0.117. The zero-order valence-electron chi connectivity index (χ0n) is 15.4. The summed E-state index contributed by atoms with van der Waals surface area (Å²) < 4.78 is 1.83. The van der Waals surface area contributed by atoms with Crippen molar-refractivity contribution in [3.8, 4) is 5.69 Å². The van der Waals surface area contributed by atoms with Crippen LogP contribution in [0.3, 0.4) is 0 Å². The number of nitrogens with one attached hydrogen (secondary N) is 2. The van der Waals surface area contributed by atoms with Crippen LogP contribution >= 0.6 is 11.6 Å². The average Bonchev–Trinajstić information content (AvgIpc) is 2.99. The number of hydrogen-bond acceptors (Lipinski definition) is 3. The van der Waals surface area contributed by atoms with Gasteiger partial charge in [0.15, 0.2) is 0 Å². The molecule has 1 heterocycles. The highest BCUT2D eigenvalue weighted by molar-refractivity contribution is 6.33. The van der Waals surface area contributed by atoms with Gasteiger partial charge in [-0.3, -0.25) is 20.4 Å². The molecule has 0 saturated heterocycles. The van der Waals surface area contributed by atoms with Gasteiger partial charge in [0.25, 0.3) is 11.8 Å². The quantitative estimate of drug-likeness (QED) is 0.524. The highest BCUT2D eigenvalue weighted by Crippen LogP contribution is 2.19. The van der Waals surface area contributed by atoms with Crippen LogP contribution in [0.4, 0.5) is 0 Å². The number of benzene rings is 2. The molecule has 6 nitrogen and oxygen atoms in total. The van der Waals surface area contributed by atoms with Crippen LogP contribution in [0, 0.1) is 13.8 Å². The molecule has 0 bridgehead atoms. The minimum atomic E-state index is -0.489. The normalized spacial score (nSPS) is 10.8. The fourth-order valence-corrected chi connectivity index (χ4v) is 2.97. The van der Waals surface area contributed by atoms with Crippen molar-refractivity contribution in [3.63, 3.8) is 0 Å². The van der Waals surface area contributed by atoms with E-state index < -0.39 is 11.8 Å². The summed E-state index contributed by atoms with van der Waals surface area (Å²) in [5.74, 6) is -0.955. The molecule has 2 amide bonds. The summed E-state index contributed by atoms with van der Waals surface area (Å²) in [6.07, 6.45) is 3.02. The van der Waals surface area contributed by atoms with Gasteiger partial charge in [-0.05, 0) is 44.2 Å². The van der Waals surface area contributed by atoms with Crippen molar-refractivity contribution >= 4 is 29.5 Å². The largest absolute Gasteiger partial charge is 0.271 e. The molecular formula is C21H19ClN4O2. The van der Waals surface area contributed by atoms with Gasteiger partial charge in [-0.1, -0.05) is 41.9 Å². The number of aryl methyl sites for hydroxylation is 1. The maximum absolute atomic E-state index is 12.1. The fraction of sp³-hybridized carbons (Fsp3) is 0.0952. The standard InChI is InChI=1S/C21H19ClN4O2/c1-14-17(15(2)26(25-14)16-8-4-3-5-9-16)12-13-20(27)23-24-21(28)18-10-6-7-11-19(18)22/h3-13H,1-2H3,(H,23,27)(H,24,28)/b13-12+. The molecule has 0 unspecified atom stereocenters. The number of aromatic nitrogens is 2. The summed E-state index contributed by atoms with van der Waals surface area (Å²) in [6.45, 7) is 3.81. The first kappa shape index (κ1) is 19.4. The Kier molecular flexibility index (Phi) is 5.91. The molecular weight excluding hydrogens is 376 g/mol. The van der Waals surface area contributed by atoms with Crippen LogP contribution in [0.15, 0.2) is 60.7 Å². The minimum absolute atomic E-state index is 0.282. The van der Waals surface area contributed by atoms with Gasteiger partial charge in [-0.25, -0.2) is 4.68 Å². The molecule has 0 aliphatic heterocycles. The van der Waals surface area contributed by atoms with E-state index in [-0.39, 0.29) is 5.56 Å². The van der Waals surface area contributed by atoms with Crippen LogP contribution in [0.1, 0.15) is 27.3 Å². The molecule has 0 aliphatic carbocycles. The van der Waals surface area contributed by atoms with E-state index in [0.29, 0.717) is 5.02 Å². The van der Waals surface area contributed by atoms with E-state index in [2.05, 4.69) is 16.0 Å². The van der Waals surface area contributed by atoms with Gasteiger partial charge in [-0.15, -0.1) is 0 Å². The smallest absolute Gasteiger partial charge is 0.268 e. The van der Waals surface area contributed by atoms with E-state index in [9.17, 15) is 9.59 Å². The summed E-state index contributed by atoms with van der Waals surface area (Å²) >= 11 is 5.97. The number of hydrazine groups is 1. The second-order valence-electron chi connectivity index (χ2n) is 6.09. The summed E-state index contributed by atoms with van der Waals surface area (Å²) in [5.41, 5.74) is 8.46. The molecule has 2 aromatic carbocycles.